The van der Waals surface area contributed by atoms with E-state index in [0.717, 1.165) is 13.2 Å². The van der Waals surface area contributed by atoms with E-state index in [4.69, 9.17) is 4.84 Å². The highest BCUT2D eigenvalue weighted by Gasteiger charge is 2.12. The van der Waals surface area contributed by atoms with Crippen molar-refractivity contribution in [2.45, 2.75) is 18.9 Å². The SMILES string of the molecule is CNOC[C@H]1CCCN1. The van der Waals surface area contributed by atoms with Gasteiger partial charge in [0.25, 0.3) is 0 Å². The Balaban J connectivity index is 1.98. The molecule has 54 valence electrons. The first-order valence-electron chi connectivity index (χ1n) is 3.45. The third-order valence-corrected chi connectivity index (χ3v) is 1.59. The molecule has 3 nitrogen and oxygen atoms in total. The van der Waals surface area contributed by atoms with Gasteiger partial charge in [0.1, 0.15) is 0 Å². The third-order valence-electron chi connectivity index (χ3n) is 1.59. The van der Waals surface area contributed by atoms with E-state index in [0.29, 0.717) is 6.04 Å². The lowest BCUT2D eigenvalue weighted by atomic mass is 10.2. The molecule has 0 aromatic carbocycles. The minimum absolute atomic E-state index is 0.581. The van der Waals surface area contributed by atoms with Crippen LogP contribution in [0, 0.1) is 0 Å². The molecule has 1 rings (SSSR count). The molecule has 1 aliphatic rings. The summed E-state index contributed by atoms with van der Waals surface area (Å²) in [5.41, 5.74) is 2.65. The van der Waals surface area contributed by atoms with E-state index >= 15 is 0 Å². The summed E-state index contributed by atoms with van der Waals surface area (Å²) in [7, 11) is 1.79. The molecular weight excluding hydrogens is 116 g/mol. The molecular formula is C6H14N2O. The predicted octanol–water partition coefficient (Wildman–Crippen LogP) is -0.111. The van der Waals surface area contributed by atoms with Crippen molar-refractivity contribution in [2.75, 3.05) is 20.2 Å². The van der Waals surface area contributed by atoms with Crippen molar-refractivity contribution < 1.29 is 4.84 Å². The van der Waals surface area contributed by atoms with Crippen molar-refractivity contribution in [3.05, 3.63) is 0 Å². The Morgan fingerprint density at radius 3 is 3.22 bits per heavy atom. The van der Waals surface area contributed by atoms with Crippen LogP contribution in [-0.4, -0.2) is 26.2 Å². The molecule has 1 aliphatic heterocycles. The molecule has 1 atom stereocenters. The van der Waals surface area contributed by atoms with E-state index < -0.39 is 0 Å². The molecule has 1 saturated heterocycles. The molecule has 0 amide bonds. The van der Waals surface area contributed by atoms with Crippen LogP contribution in [0.2, 0.25) is 0 Å². The predicted molar refractivity (Wildman–Crippen MR) is 36.0 cm³/mol. The number of hydroxylamine groups is 1. The van der Waals surface area contributed by atoms with E-state index in [-0.39, 0.29) is 0 Å². The topological polar surface area (TPSA) is 33.3 Å². The van der Waals surface area contributed by atoms with Gasteiger partial charge in [0, 0.05) is 13.1 Å². The van der Waals surface area contributed by atoms with E-state index in [1.54, 1.807) is 7.05 Å². The fourth-order valence-corrected chi connectivity index (χ4v) is 1.08. The van der Waals surface area contributed by atoms with Crippen molar-refractivity contribution in [3.8, 4) is 0 Å². The van der Waals surface area contributed by atoms with Crippen LogP contribution in [0.1, 0.15) is 12.8 Å². The maximum Gasteiger partial charge on any atom is 0.0835 e. The lowest BCUT2D eigenvalue weighted by Gasteiger charge is -2.08. The first-order chi connectivity index (χ1) is 4.43. The van der Waals surface area contributed by atoms with Crippen LogP contribution in [0.4, 0.5) is 0 Å². The highest BCUT2D eigenvalue weighted by molar-refractivity contribution is 4.72. The Morgan fingerprint density at radius 2 is 2.67 bits per heavy atom. The second-order valence-electron chi connectivity index (χ2n) is 2.31. The summed E-state index contributed by atoms with van der Waals surface area (Å²) in [6, 6.07) is 0.581. The lowest BCUT2D eigenvalue weighted by Crippen LogP contribution is -2.29. The van der Waals surface area contributed by atoms with Crippen LogP contribution in [0.15, 0.2) is 0 Å². The van der Waals surface area contributed by atoms with Crippen LogP contribution < -0.4 is 10.8 Å². The van der Waals surface area contributed by atoms with Crippen LogP contribution in [-0.2, 0) is 4.84 Å². The Labute approximate surface area is 55.7 Å². The molecule has 1 fully saturated rings. The number of nitrogens with one attached hydrogen (secondary N) is 2. The molecule has 0 saturated carbocycles. The number of hydrogen-bond acceptors (Lipinski definition) is 3. The molecule has 0 unspecified atom stereocenters. The molecule has 2 N–H and O–H groups in total. The van der Waals surface area contributed by atoms with E-state index in [1.165, 1.54) is 12.8 Å². The summed E-state index contributed by atoms with van der Waals surface area (Å²) in [5.74, 6) is 0. The summed E-state index contributed by atoms with van der Waals surface area (Å²) >= 11 is 0. The normalized spacial score (nSPS) is 27.0. The Bertz CT molecular complexity index is 71.5. The molecule has 0 aromatic rings. The van der Waals surface area contributed by atoms with Crippen molar-refractivity contribution in [1.82, 2.24) is 10.8 Å². The first kappa shape index (κ1) is 6.99. The van der Waals surface area contributed by atoms with Gasteiger partial charge in [-0.1, -0.05) is 0 Å². The second-order valence-corrected chi connectivity index (χ2v) is 2.31. The third kappa shape index (κ3) is 2.30. The second kappa shape index (κ2) is 3.82. The van der Waals surface area contributed by atoms with Crippen LogP contribution in [0.25, 0.3) is 0 Å². The standard InChI is InChI=1S/C6H14N2O/c1-7-9-5-6-3-2-4-8-6/h6-8H,2-5H2,1H3/t6-/m1/s1. The van der Waals surface area contributed by atoms with Crippen LogP contribution in [0.3, 0.4) is 0 Å². The molecule has 0 radical (unpaired) electrons. The van der Waals surface area contributed by atoms with Crippen LogP contribution >= 0.6 is 0 Å². The van der Waals surface area contributed by atoms with Crippen molar-refractivity contribution in [3.63, 3.8) is 0 Å². The average molecular weight is 130 g/mol. The van der Waals surface area contributed by atoms with Gasteiger partial charge in [-0.15, -0.1) is 0 Å². The number of rotatable bonds is 3. The summed E-state index contributed by atoms with van der Waals surface area (Å²) in [6.45, 7) is 1.94. The number of hydrogen-bond donors (Lipinski definition) is 2. The van der Waals surface area contributed by atoms with E-state index in [2.05, 4.69) is 10.8 Å². The zero-order valence-corrected chi connectivity index (χ0v) is 5.81. The van der Waals surface area contributed by atoms with Gasteiger partial charge in [-0.25, -0.2) is 5.48 Å². The van der Waals surface area contributed by atoms with Gasteiger partial charge in [-0.05, 0) is 19.4 Å². The van der Waals surface area contributed by atoms with Gasteiger partial charge >= 0.3 is 0 Å². The maximum atomic E-state index is 5.00. The Morgan fingerprint density at radius 1 is 1.78 bits per heavy atom. The fourth-order valence-electron chi connectivity index (χ4n) is 1.08. The van der Waals surface area contributed by atoms with Crippen molar-refractivity contribution in [1.29, 1.82) is 0 Å². The highest BCUT2D eigenvalue weighted by Crippen LogP contribution is 2.03. The Hall–Kier alpha value is -0.120. The molecule has 1 heterocycles. The van der Waals surface area contributed by atoms with Crippen molar-refractivity contribution in [2.24, 2.45) is 0 Å². The summed E-state index contributed by atoms with van der Waals surface area (Å²) in [4.78, 5) is 5.00. The lowest BCUT2D eigenvalue weighted by molar-refractivity contribution is 0.0448. The molecule has 3 heteroatoms. The van der Waals surface area contributed by atoms with Gasteiger partial charge in [-0.3, -0.25) is 0 Å². The summed E-state index contributed by atoms with van der Waals surface area (Å²) in [6.07, 6.45) is 2.54. The highest BCUT2D eigenvalue weighted by atomic mass is 16.6. The maximum absolute atomic E-state index is 5.00. The molecule has 9 heavy (non-hydrogen) atoms. The Kier molecular flexibility index (Phi) is 2.97. The van der Waals surface area contributed by atoms with Gasteiger partial charge in [0.15, 0.2) is 0 Å². The van der Waals surface area contributed by atoms with Gasteiger partial charge in [-0.2, -0.15) is 0 Å². The average Bonchev–Trinajstić information content (AvgIpc) is 2.34. The fraction of sp³-hybridized carbons (Fsp3) is 1.00. The quantitative estimate of drug-likeness (QED) is 0.523. The van der Waals surface area contributed by atoms with Crippen LogP contribution in [0.5, 0.6) is 0 Å². The smallest absolute Gasteiger partial charge is 0.0835 e. The molecule has 0 aliphatic carbocycles. The first-order valence-corrected chi connectivity index (χ1v) is 3.45. The summed E-state index contributed by atoms with van der Waals surface area (Å²) < 4.78 is 0. The molecule has 0 aromatic heterocycles. The minimum Gasteiger partial charge on any atom is -0.312 e. The monoisotopic (exact) mass is 130 g/mol. The van der Waals surface area contributed by atoms with Gasteiger partial charge in [0.05, 0.1) is 6.61 Å². The van der Waals surface area contributed by atoms with E-state index in [1.807, 2.05) is 0 Å². The van der Waals surface area contributed by atoms with Crippen molar-refractivity contribution >= 4 is 0 Å². The largest absolute Gasteiger partial charge is 0.312 e. The van der Waals surface area contributed by atoms with Gasteiger partial charge < -0.3 is 10.2 Å². The van der Waals surface area contributed by atoms with E-state index in [9.17, 15) is 0 Å². The molecule has 0 spiro atoms. The molecule has 0 bridgehead atoms. The minimum atomic E-state index is 0.581. The zero-order valence-electron chi connectivity index (χ0n) is 5.81. The van der Waals surface area contributed by atoms with Gasteiger partial charge in [0.2, 0.25) is 0 Å². The zero-order chi connectivity index (χ0) is 6.53. The summed E-state index contributed by atoms with van der Waals surface area (Å²) in [5, 5.41) is 3.33.